The molecule has 0 bridgehead atoms. The molecule has 0 unspecified atom stereocenters. The van der Waals surface area contributed by atoms with Crippen molar-refractivity contribution < 1.29 is 5.11 Å². The Balaban J connectivity index is 2.75. The van der Waals surface area contributed by atoms with Gasteiger partial charge in [-0.05, 0) is 53.6 Å². The second-order valence-electron chi connectivity index (χ2n) is 4.34. The highest BCUT2D eigenvalue weighted by atomic mass is 127. The van der Waals surface area contributed by atoms with E-state index in [0.717, 1.165) is 29.5 Å². The molecule has 1 aromatic carbocycles. The van der Waals surface area contributed by atoms with Gasteiger partial charge in [0.25, 0.3) is 0 Å². The Hall–Kier alpha value is 0.190. The maximum Gasteiger partial charge on any atom is 0.0504 e. The van der Waals surface area contributed by atoms with E-state index in [1.54, 1.807) is 0 Å². The molecule has 0 fully saturated rings. The van der Waals surface area contributed by atoms with Gasteiger partial charge in [0.1, 0.15) is 0 Å². The summed E-state index contributed by atoms with van der Waals surface area (Å²) in [6, 6.07) is 6.19. The van der Waals surface area contributed by atoms with Crippen LogP contribution in [0.1, 0.15) is 26.7 Å². The van der Waals surface area contributed by atoms with Gasteiger partial charge in [0, 0.05) is 25.7 Å². The van der Waals surface area contributed by atoms with Gasteiger partial charge in [0.05, 0.1) is 6.61 Å². The smallest absolute Gasteiger partial charge is 0.0504 e. The first kappa shape index (κ1) is 15.2. The maximum absolute atomic E-state index is 9.53. The fourth-order valence-corrected chi connectivity index (χ4v) is 2.58. The molecule has 0 amide bonds. The molecule has 1 rings (SSSR count). The molecular formula is C13H19BrINO. The Labute approximate surface area is 125 Å². The zero-order valence-electron chi connectivity index (χ0n) is 10.3. The van der Waals surface area contributed by atoms with Gasteiger partial charge >= 0.3 is 0 Å². The van der Waals surface area contributed by atoms with Crippen molar-refractivity contribution in [1.29, 1.82) is 0 Å². The van der Waals surface area contributed by atoms with Gasteiger partial charge in [0.2, 0.25) is 0 Å². The van der Waals surface area contributed by atoms with Crippen LogP contribution in [0.4, 0.5) is 5.69 Å². The van der Waals surface area contributed by atoms with Crippen LogP contribution in [0, 0.1) is 8.99 Å². The molecule has 0 aliphatic rings. The van der Waals surface area contributed by atoms with E-state index in [9.17, 15) is 5.11 Å². The second-order valence-corrected chi connectivity index (χ2v) is 6.42. The first-order chi connectivity index (χ1) is 8.06. The number of hydrogen-bond acceptors (Lipinski definition) is 2. The number of aliphatic hydroxyl groups is 1. The van der Waals surface area contributed by atoms with Crippen LogP contribution >= 0.6 is 38.5 Å². The molecule has 0 aromatic heterocycles. The van der Waals surface area contributed by atoms with E-state index in [-0.39, 0.29) is 12.0 Å². The number of rotatable bonds is 6. The third kappa shape index (κ3) is 4.10. The largest absolute Gasteiger partial charge is 0.396 e. The standard InChI is InChI=1S/C13H19BrINO/c1-3-13(4-2,9-17)8-16-12-7-10(14)5-6-11(12)15/h5-7,16-17H,3-4,8-9H2,1-2H3. The Kier molecular flexibility index (Phi) is 6.23. The Morgan fingerprint density at radius 2 is 2.00 bits per heavy atom. The van der Waals surface area contributed by atoms with Crippen LogP contribution in [-0.4, -0.2) is 18.3 Å². The molecule has 17 heavy (non-hydrogen) atoms. The molecule has 0 saturated heterocycles. The van der Waals surface area contributed by atoms with Crippen molar-refractivity contribution in [2.75, 3.05) is 18.5 Å². The van der Waals surface area contributed by atoms with Crippen molar-refractivity contribution >= 4 is 44.2 Å². The number of halogens is 2. The minimum Gasteiger partial charge on any atom is -0.396 e. The van der Waals surface area contributed by atoms with E-state index >= 15 is 0 Å². The monoisotopic (exact) mass is 411 g/mol. The molecule has 0 saturated carbocycles. The normalized spacial score (nSPS) is 11.6. The molecule has 2 nitrogen and oxygen atoms in total. The fourth-order valence-electron chi connectivity index (χ4n) is 1.70. The highest BCUT2D eigenvalue weighted by Crippen LogP contribution is 2.28. The van der Waals surface area contributed by atoms with Crippen LogP contribution in [0.25, 0.3) is 0 Å². The van der Waals surface area contributed by atoms with E-state index < -0.39 is 0 Å². The summed E-state index contributed by atoms with van der Waals surface area (Å²) in [6.45, 7) is 5.31. The summed E-state index contributed by atoms with van der Waals surface area (Å²) in [5, 5.41) is 13.0. The van der Waals surface area contributed by atoms with Crippen LogP contribution < -0.4 is 5.32 Å². The van der Waals surface area contributed by atoms with Gasteiger partial charge in [-0.3, -0.25) is 0 Å². The van der Waals surface area contributed by atoms with Gasteiger partial charge in [-0.2, -0.15) is 0 Å². The lowest BCUT2D eigenvalue weighted by Crippen LogP contribution is -2.32. The molecule has 0 radical (unpaired) electrons. The average molecular weight is 412 g/mol. The van der Waals surface area contributed by atoms with Gasteiger partial charge in [-0.15, -0.1) is 0 Å². The van der Waals surface area contributed by atoms with E-state index in [1.165, 1.54) is 3.57 Å². The van der Waals surface area contributed by atoms with Gasteiger partial charge in [0.15, 0.2) is 0 Å². The van der Waals surface area contributed by atoms with E-state index in [2.05, 4.69) is 69.8 Å². The molecule has 0 heterocycles. The lowest BCUT2D eigenvalue weighted by molar-refractivity contribution is 0.127. The van der Waals surface area contributed by atoms with Crippen molar-refractivity contribution in [2.24, 2.45) is 5.41 Å². The zero-order chi connectivity index (χ0) is 12.9. The molecule has 96 valence electrons. The quantitative estimate of drug-likeness (QED) is 0.685. The van der Waals surface area contributed by atoms with E-state index in [0.29, 0.717) is 0 Å². The topological polar surface area (TPSA) is 32.3 Å². The first-order valence-corrected chi connectivity index (χ1v) is 7.74. The van der Waals surface area contributed by atoms with Crippen LogP contribution in [0.2, 0.25) is 0 Å². The maximum atomic E-state index is 9.53. The summed E-state index contributed by atoms with van der Waals surface area (Å²) in [5.41, 5.74) is 1.12. The molecule has 1 aromatic rings. The molecule has 0 spiro atoms. The minimum atomic E-state index is -0.00853. The highest BCUT2D eigenvalue weighted by molar-refractivity contribution is 14.1. The molecule has 0 aliphatic carbocycles. The van der Waals surface area contributed by atoms with Crippen molar-refractivity contribution in [2.45, 2.75) is 26.7 Å². The summed E-state index contributed by atoms with van der Waals surface area (Å²) < 4.78 is 2.27. The third-order valence-corrected chi connectivity index (χ3v) is 4.85. The molecule has 2 N–H and O–H groups in total. The molecule has 0 atom stereocenters. The van der Waals surface area contributed by atoms with Crippen molar-refractivity contribution in [1.82, 2.24) is 0 Å². The number of benzene rings is 1. The van der Waals surface area contributed by atoms with Crippen LogP contribution in [-0.2, 0) is 0 Å². The molecule has 0 aliphatic heterocycles. The summed E-state index contributed by atoms with van der Waals surface area (Å²) in [4.78, 5) is 0. The lowest BCUT2D eigenvalue weighted by Gasteiger charge is -2.30. The van der Waals surface area contributed by atoms with E-state index in [4.69, 9.17) is 0 Å². The van der Waals surface area contributed by atoms with Gasteiger partial charge < -0.3 is 10.4 Å². The van der Waals surface area contributed by atoms with Crippen molar-refractivity contribution in [3.63, 3.8) is 0 Å². The first-order valence-electron chi connectivity index (χ1n) is 5.86. The number of nitrogens with one attached hydrogen (secondary N) is 1. The summed E-state index contributed by atoms with van der Waals surface area (Å²) in [6.07, 6.45) is 1.97. The average Bonchev–Trinajstić information content (AvgIpc) is 2.35. The lowest BCUT2D eigenvalue weighted by atomic mass is 9.83. The van der Waals surface area contributed by atoms with Crippen molar-refractivity contribution in [3.8, 4) is 0 Å². The Bertz CT molecular complexity index is 358. The second kappa shape index (κ2) is 6.95. The molecular weight excluding hydrogens is 393 g/mol. The van der Waals surface area contributed by atoms with Crippen LogP contribution in [0.3, 0.4) is 0 Å². The number of aliphatic hydroxyl groups excluding tert-OH is 1. The predicted octanol–water partition coefficient (Wildman–Crippen LogP) is 4.26. The number of anilines is 1. The fraction of sp³-hybridized carbons (Fsp3) is 0.538. The molecule has 4 heteroatoms. The number of hydrogen-bond donors (Lipinski definition) is 2. The SMILES string of the molecule is CCC(CC)(CO)CNc1cc(Br)ccc1I. The third-order valence-electron chi connectivity index (χ3n) is 3.42. The zero-order valence-corrected chi connectivity index (χ0v) is 14.0. The van der Waals surface area contributed by atoms with Gasteiger partial charge in [-0.25, -0.2) is 0 Å². The summed E-state index contributed by atoms with van der Waals surface area (Å²) in [7, 11) is 0. The van der Waals surface area contributed by atoms with Gasteiger partial charge in [-0.1, -0.05) is 29.8 Å². The van der Waals surface area contributed by atoms with Crippen molar-refractivity contribution in [3.05, 3.63) is 26.2 Å². The van der Waals surface area contributed by atoms with Crippen LogP contribution in [0.5, 0.6) is 0 Å². The predicted molar refractivity (Wildman–Crippen MR) is 85.4 cm³/mol. The van der Waals surface area contributed by atoms with Crippen LogP contribution in [0.15, 0.2) is 22.7 Å². The summed E-state index contributed by atoms with van der Waals surface area (Å²) in [5.74, 6) is 0. The highest BCUT2D eigenvalue weighted by Gasteiger charge is 2.25. The Morgan fingerprint density at radius 1 is 1.35 bits per heavy atom. The Morgan fingerprint density at radius 3 is 2.53 bits per heavy atom. The minimum absolute atomic E-state index is 0.00853. The summed E-state index contributed by atoms with van der Waals surface area (Å²) >= 11 is 5.79. The van der Waals surface area contributed by atoms with E-state index in [1.807, 2.05) is 6.07 Å².